The first-order valence-electron chi connectivity index (χ1n) is 6.43. The van der Waals surface area contributed by atoms with Crippen molar-refractivity contribution in [1.82, 2.24) is 24.7 Å². The molecule has 98 valence electrons. The van der Waals surface area contributed by atoms with Crippen LogP contribution in [0, 0.1) is 0 Å². The molecular weight excluding hydrogens is 240 g/mol. The molecule has 1 aromatic carbocycles. The molecule has 0 radical (unpaired) electrons. The first-order valence-corrected chi connectivity index (χ1v) is 6.43. The second-order valence-corrected chi connectivity index (χ2v) is 4.44. The van der Waals surface area contributed by atoms with E-state index in [4.69, 9.17) is 0 Å². The molecule has 6 heteroatoms. The van der Waals surface area contributed by atoms with Gasteiger partial charge in [-0.15, -0.1) is 10.2 Å². The molecule has 0 amide bonds. The van der Waals surface area contributed by atoms with Crippen molar-refractivity contribution in [2.75, 3.05) is 11.9 Å². The lowest BCUT2D eigenvalue weighted by atomic mass is 10.3. The average molecular weight is 256 g/mol. The molecule has 0 atom stereocenters. The Morgan fingerprint density at radius 2 is 1.95 bits per heavy atom. The van der Waals surface area contributed by atoms with Gasteiger partial charge in [0.1, 0.15) is 12.7 Å². The second kappa shape index (κ2) is 5.51. The molecule has 0 aliphatic rings. The van der Waals surface area contributed by atoms with Crippen molar-refractivity contribution < 1.29 is 0 Å². The monoisotopic (exact) mass is 256 g/mol. The lowest BCUT2D eigenvalue weighted by Crippen LogP contribution is -2.04. The van der Waals surface area contributed by atoms with Gasteiger partial charge in [0.15, 0.2) is 0 Å². The highest BCUT2D eigenvalue weighted by Gasteiger charge is 2.00. The summed E-state index contributed by atoms with van der Waals surface area (Å²) in [5.41, 5.74) is 2.06. The zero-order chi connectivity index (χ0) is 12.9. The number of rotatable bonds is 6. The van der Waals surface area contributed by atoms with E-state index in [0.29, 0.717) is 0 Å². The van der Waals surface area contributed by atoms with Crippen molar-refractivity contribution in [3.05, 3.63) is 36.9 Å². The number of anilines is 1. The smallest absolute Gasteiger partial charge is 0.201 e. The molecule has 19 heavy (non-hydrogen) atoms. The van der Waals surface area contributed by atoms with Crippen LogP contribution in [0.2, 0.25) is 0 Å². The van der Waals surface area contributed by atoms with Crippen LogP contribution in [0.5, 0.6) is 0 Å². The summed E-state index contributed by atoms with van der Waals surface area (Å²) >= 11 is 0. The number of hydrogen-bond donors (Lipinski definition) is 2. The van der Waals surface area contributed by atoms with Crippen LogP contribution in [0.4, 0.5) is 5.95 Å². The van der Waals surface area contributed by atoms with Gasteiger partial charge in [-0.25, -0.2) is 4.98 Å². The fourth-order valence-corrected chi connectivity index (χ4v) is 2.00. The van der Waals surface area contributed by atoms with Crippen molar-refractivity contribution >= 4 is 17.0 Å². The van der Waals surface area contributed by atoms with Gasteiger partial charge in [0.25, 0.3) is 0 Å². The molecular formula is C13H16N6. The maximum atomic E-state index is 4.47. The number of unbranched alkanes of at least 4 members (excludes halogenated alkanes) is 1. The van der Waals surface area contributed by atoms with Crippen molar-refractivity contribution in [1.29, 1.82) is 0 Å². The predicted octanol–water partition coefficient (Wildman–Crippen LogP) is 2.05. The third-order valence-corrected chi connectivity index (χ3v) is 2.99. The van der Waals surface area contributed by atoms with E-state index in [2.05, 4.69) is 25.5 Å². The molecule has 3 aromatic rings. The minimum atomic E-state index is 0.838. The number of H-pyrrole nitrogens is 1. The van der Waals surface area contributed by atoms with Crippen LogP contribution in [0.1, 0.15) is 12.8 Å². The van der Waals surface area contributed by atoms with Crippen molar-refractivity contribution in [3.8, 4) is 0 Å². The van der Waals surface area contributed by atoms with Crippen molar-refractivity contribution in [2.24, 2.45) is 0 Å². The van der Waals surface area contributed by atoms with Crippen LogP contribution in [-0.4, -0.2) is 31.3 Å². The third-order valence-electron chi connectivity index (χ3n) is 2.99. The summed E-state index contributed by atoms with van der Waals surface area (Å²) in [6.07, 6.45) is 5.65. The molecule has 0 bridgehead atoms. The number of fused-ring (bicyclic) bond motifs is 1. The van der Waals surface area contributed by atoms with Gasteiger partial charge in [0, 0.05) is 13.1 Å². The molecule has 0 saturated heterocycles. The summed E-state index contributed by atoms with van der Waals surface area (Å²) in [5.74, 6) is 0.838. The zero-order valence-electron chi connectivity index (χ0n) is 10.6. The standard InChI is InChI=1S/C13H16N6/c1-2-6-12-11(5-1)17-13(18-12)14-7-3-4-8-19-9-15-16-10-19/h1-2,5-6,9-10H,3-4,7-8H2,(H2,14,17,18). The van der Waals surface area contributed by atoms with Crippen LogP contribution < -0.4 is 5.32 Å². The second-order valence-electron chi connectivity index (χ2n) is 4.44. The van der Waals surface area contributed by atoms with E-state index in [9.17, 15) is 0 Å². The molecule has 0 spiro atoms. The van der Waals surface area contributed by atoms with Crippen LogP contribution in [0.25, 0.3) is 11.0 Å². The Kier molecular flexibility index (Phi) is 3.40. The van der Waals surface area contributed by atoms with Gasteiger partial charge in [-0.3, -0.25) is 0 Å². The largest absolute Gasteiger partial charge is 0.356 e. The number of aryl methyl sites for hydroxylation is 1. The average Bonchev–Trinajstić information content (AvgIpc) is 3.06. The highest BCUT2D eigenvalue weighted by atomic mass is 15.2. The summed E-state index contributed by atoms with van der Waals surface area (Å²) in [4.78, 5) is 7.72. The maximum absolute atomic E-state index is 4.47. The molecule has 0 aliphatic carbocycles. The number of aromatic nitrogens is 5. The topological polar surface area (TPSA) is 71.4 Å². The predicted molar refractivity (Wildman–Crippen MR) is 73.8 cm³/mol. The molecule has 0 fully saturated rings. The quantitative estimate of drug-likeness (QED) is 0.662. The van der Waals surface area contributed by atoms with Gasteiger partial charge in [0.05, 0.1) is 11.0 Å². The van der Waals surface area contributed by atoms with E-state index >= 15 is 0 Å². The fraction of sp³-hybridized carbons (Fsp3) is 0.308. The third kappa shape index (κ3) is 2.90. The minimum Gasteiger partial charge on any atom is -0.356 e. The first-order chi connectivity index (χ1) is 9.42. The highest BCUT2D eigenvalue weighted by molar-refractivity contribution is 5.77. The maximum Gasteiger partial charge on any atom is 0.201 e. The molecule has 2 aromatic heterocycles. The lowest BCUT2D eigenvalue weighted by Gasteiger charge is -2.03. The minimum absolute atomic E-state index is 0.838. The van der Waals surface area contributed by atoms with E-state index in [-0.39, 0.29) is 0 Å². The number of hydrogen-bond acceptors (Lipinski definition) is 4. The Bertz CT molecular complexity index is 594. The van der Waals surface area contributed by atoms with Crippen molar-refractivity contribution in [3.63, 3.8) is 0 Å². The Balaban J connectivity index is 1.44. The van der Waals surface area contributed by atoms with Gasteiger partial charge >= 0.3 is 0 Å². The van der Waals surface area contributed by atoms with Crippen LogP contribution in [0.3, 0.4) is 0 Å². The van der Waals surface area contributed by atoms with E-state index in [1.807, 2.05) is 28.8 Å². The Labute approximate surface area is 110 Å². The Hall–Kier alpha value is -2.37. The van der Waals surface area contributed by atoms with Crippen LogP contribution in [-0.2, 0) is 6.54 Å². The fourth-order valence-electron chi connectivity index (χ4n) is 2.00. The molecule has 0 saturated carbocycles. The number of benzene rings is 1. The summed E-state index contributed by atoms with van der Waals surface area (Å²) < 4.78 is 1.99. The highest BCUT2D eigenvalue weighted by Crippen LogP contribution is 2.13. The van der Waals surface area contributed by atoms with E-state index in [1.165, 1.54) is 0 Å². The summed E-state index contributed by atoms with van der Waals surface area (Å²) in [6, 6.07) is 8.03. The number of imidazole rings is 1. The summed E-state index contributed by atoms with van der Waals surface area (Å²) in [6.45, 7) is 1.86. The molecule has 3 rings (SSSR count). The number of nitrogens with zero attached hydrogens (tertiary/aromatic N) is 4. The zero-order valence-corrected chi connectivity index (χ0v) is 10.6. The van der Waals surface area contributed by atoms with Crippen LogP contribution in [0.15, 0.2) is 36.9 Å². The molecule has 0 aliphatic heterocycles. The van der Waals surface area contributed by atoms with Crippen molar-refractivity contribution in [2.45, 2.75) is 19.4 Å². The van der Waals surface area contributed by atoms with E-state index in [1.54, 1.807) is 12.7 Å². The summed E-state index contributed by atoms with van der Waals surface area (Å²) in [5, 5.41) is 10.9. The SMILES string of the molecule is c1ccc2[nH]c(NCCCCn3cnnc3)nc2c1. The van der Waals surface area contributed by atoms with Gasteiger partial charge in [0.2, 0.25) is 5.95 Å². The van der Waals surface area contributed by atoms with Gasteiger partial charge in [-0.2, -0.15) is 0 Å². The van der Waals surface area contributed by atoms with E-state index < -0.39 is 0 Å². The first kappa shape index (κ1) is 11.7. The molecule has 2 heterocycles. The lowest BCUT2D eigenvalue weighted by molar-refractivity contribution is 0.619. The molecule has 2 N–H and O–H groups in total. The van der Waals surface area contributed by atoms with Gasteiger partial charge in [-0.1, -0.05) is 12.1 Å². The van der Waals surface area contributed by atoms with Gasteiger partial charge < -0.3 is 14.9 Å². The molecule has 0 unspecified atom stereocenters. The summed E-state index contributed by atoms with van der Waals surface area (Å²) in [7, 11) is 0. The van der Waals surface area contributed by atoms with E-state index in [0.717, 1.165) is 42.9 Å². The van der Waals surface area contributed by atoms with Gasteiger partial charge in [-0.05, 0) is 25.0 Å². The number of aromatic amines is 1. The number of nitrogens with one attached hydrogen (secondary N) is 2. The Morgan fingerprint density at radius 1 is 1.11 bits per heavy atom. The normalized spacial score (nSPS) is 10.9. The Morgan fingerprint density at radius 3 is 2.79 bits per heavy atom. The number of para-hydroxylation sites is 2. The van der Waals surface area contributed by atoms with Crippen LogP contribution >= 0.6 is 0 Å². The molecule has 6 nitrogen and oxygen atoms in total.